The van der Waals surface area contributed by atoms with E-state index < -0.39 is 0 Å². The Labute approximate surface area is 92.2 Å². The van der Waals surface area contributed by atoms with Gasteiger partial charge in [0.25, 0.3) is 0 Å². The van der Waals surface area contributed by atoms with E-state index in [1.165, 1.54) is 31.4 Å². The summed E-state index contributed by atoms with van der Waals surface area (Å²) >= 11 is 0. The molecule has 0 heterocycles. The summed E-state index contributed by atoms with van der Waals surface area (Å²) in [6.45, 7) is 4.31. The zero-order chi connectivity index (χ0) is 10.8. The summed E-state index contributed by atoms with van der Waals surface area (Å²) in [7, 11) is 0. The van der Waals surface area contributed by atoms with Crippen molar-refractivity contribution in [3.63, 3.8) is 0 Å². The smallest absolute Gasteiger partial charge is 0.137 e. The van der Waals surface area contributed by atoms with Crippen molar-refractivity contribution in [1.82, 2.24) is 0 Å². The number of nitrogens with zero attached hydrogens (tertiary/aromatic N) is 1. The zero-order valence-corrected chi connectivity index (χ0v) is 9.83. The molecule has 2 heteroatoms. The van der Waals surface area contributed by atoms with Crippen LogP contribution in [-0.4, -0.2) is 17.5 Å². The Kier molecular flexibility index (Phi) is 3.22. The second-order valence-corrected chi connectivity index (χ2v) is 5.23. The Morgan fingerprint density at radius 1 is 1.20 bits per heavy atom. The molecular weight excluding hydrogens is 186 g/mol. The predicted octanol–water partition coefficient (Wildman–Crippen LogP) is 3.01. The molecule has 0 aliphatic heterocycles. The zero-order valence-electron chi connectivity index (χ0n) is 9.83. The molecule has 84 valence electrons. The standard InChI is InChI=1S/C13H21NO/c1-9-5-3-4-6-12(9)14-11-7-10(2)13(15)8-11/h9-11H,3-8H2,1-2H3. The highest BCUT2D eigenvalue weighted by Crippen LogP contribution is 2.27. The molecule has 0 saturated heterocycles. The normalized spacial score (nSPS) is 40.0. The van der Waals surface area contributed by atoms with Crippen LogP contribution in [-0.2, 0) is 4.79 Å². The van der Waals surface area contributed by atoms with Crippen molar-refractivity contribution < 1.29 is 4.79 Å². The minimum Gasteiger partial charge on any atom is -0.299 e. The van der Waals surface area contributed by atoms with Gasteiger partial charge in [0.05, 0.1) is 6.04 Å². The summed E-state index contributed by atoms with van der Waals surface area (Å²) in [6.07, 6.45) is 6.77. The second kappa shape index (κ2) is 4.46. The van der Waals surface area contributed by atoms with Gasteiger partial charge in [-0.05, 0) is 31.6 Å². The van der Waals surface area contributed by atoms with Gasteiger partial charge in [0, 0.05) is 18.1 Å². The summed E-state index contributed by atoms with van der Waals surface area (Å²) < 4.78 is 0. The Balaban J connectivity index is 2.00. The number of carbonyl (C=O) groups excluding carboxylic acids is 1. The summed E-state index contributed by atoms with van der Waals surface area (Å²) in [5.74, 6) is 1.32. The molecule has 0 radical (unpaired) electrons. The van der Waals surface area contributed by atoms with E-state index >= 15 is 0 Å². The van der Waals surface area contributed by atoms with Gasteiger partial charge < -0.3 is 0 Å². The van der Waals surface area contributed by atoms with E-state index in [0.717, 1.165) is 6.42 Å². The lowest BCUT2D eigenvalue weighted by Crippen LogP contribution is -2.18. The molecule has 15 heavy (non-hydrogen) atoms. The van der Waals surface area contributed by atoms with E-state index in [4.69, 9.17) is 4.99 Å². The average Bonchev–Trinajstić information content (AvgIpc) is 2.50. The van der Waals surface area contributed by atoms with Gasteiger partial charge >= 0.3 is 0 Å². The first-order valence-corrected chi connectivity index (χ1v) is 6.26. The van der Waals surface area contributed by atoms with E-state index in [-0.39, 0.29) is 5.92 Å². The molecule has 0 spiro atoms. The molecule has 3 atom stereocenters. The van der Waals surface area contributed by atoms with Crippen LogP contribution < -0.4 is 0 Å². The molecular formula is C13H21NO. The van der Waals surface area contributed by atoms with E-state index in [2.05, 4.69) is 6.92 Å². The Morgan fingerprint density at radius 3 is 2.60 bits per heavy atom. The van der Waals surface area contributed by atoms with E-state index in [1.54, 1.807) is 0 Å². The van der Waals surface area contributed by atoms with Crippen LogP contribution in [0.2, 0.25) is 0 Å². The molecule has 2 fully saturated rings. The number of Topliss-reactive ketones (excluding diaryl/α,β-unsaturated/α-hetero) is 1. The maximum Gasteiger partial charge on any atom is 0.137 e. The largest absolute Gasteiger partial charge is 0.299 e. The van der Waals surface area contributed by atoms with Crippen LogP contribution in [0.4, 0.5) is 0 Å². The van der Waals surface area contributed by atoms with Gasteiger partial charge in [-0.15, -0.1) is 0 Å². The molecule has 0 aromatic rings. The highest BCUT2D eigenvalue weighted by molar-refractivity contribution is 5.88. The van der Waals surface area contributed by atoms with Gasteiger partial charge in [0.15, 0.2) is 0 Å². The Bertz CT molecular complexity index is 282. The molecule has 2 aliphatic carbocycles. The lowest BCUT2D eigenvalue weighted by Gasteiger charge is -2.21. The monoisotopic (exact) mass is 207 g/mol. The van der Waals surface area contributed by atoms with E-state index in [9.17, 15) is 4.79 Å². The number of carbonyl (C=O) groups is 1. The van der Waals surface area contributed by atoms with Crippen molar-refractivity contribution in [2.24, 2.45) is 16.8 Å². The molecule has 2 nitrogen and oxygen atoms in total. The summed E-state index contributed by atoms with van der Waals surface area (Å²) in [5.41, 5.74) is 1.38. The van der Waals surface area contributed by atoms with Crippen LogP contribution in [0.15, 0.2) is 4.99 Å². The fraction of sp³-hybridized carbons (Fsp3) is 0.846. The third kappa shape index (κ3) is 2.47. The van der Waals surface area contributed by atoms with Gasteiger partial charge in [-0.1, -0.05) is 20.3 Å². The summed E-state index contributed by atoms with van der Waals surface area (Å²) in [4.78, 5) is 16.3. The van der Waals surface area contributed by atoms with Gasteiger partial charge in [-0.2, -0.15) is 0 Å². The molecule has 0 amide bonds. The molecule has 2 aliphatic rings. The molecule has 0 N–H and O–H groups in total. The van der Waals surface area contributed by atoms with Crippen LogP contribution >= 0.6 is 0 Å². The first kappa shape index (κ1) is 10.8. The minimum atomic E-state index is 0.248. The van der Waals surface area contributed by atoms with Crippen molar-refractivity contribution in [2.75, 3.05) is 0 Å². The number of ketones is 1. The van der Waals surface area contributed by atoms with Gasteiger partial charge in [-0.25, -0.2) is 0 Å². The molecule has 3 unspecified atom stereocenters. The second-order valence-electron chi connectivity index (χ2n) is 5.23. The van der Waals surface area contributed by atoms with Gasteiger partial charge in [-0.3, -0.25) is 9.79 Å². The average molecular weight is 207 g/mol. The van der Waals surface area contributed by atoms with E-state index in [1.807, 2.05) is 6.92 Å². The van der Waals surface area contributed by atoms with Crippen LogP contribution in [0.3, 0.4) is 0 Å². The molecule has 0 aromatic carbocycles. The molecule has 0 bridgehead atoms. The van der Waals surface area contributed by atoms with Crippen molar-refractivity contribution in [2.45, 2.75) is 58.4 Å². The lowest BCUT2D eigenvalue weighted by atomic mass is 9.88. The fourth-order valence-corrected chi connectivity index (χ4v) is 2.75. The Morgan fingerprint density at radius 2 is 2.00 bits per heavy atom. The molecule has 0 aromatic heterocycles. The van der Waals surface area contributed by atoms with Crippen LogP contribution in [0, 0.1) is 11.8 Å². The number of rotatable bonds is 1. The highest BCUT2D eigenvalue weighted by atomic mass is 16.1. The van der Waals surface area contributed by atoms with Crippen LogP contribution in [0.1, 0.15) is 52.4 Å². The first-order valence-electron chi connectivity index (χ1n) is 6.26. The molecule has 2 rings (SSSR count). The maximum absolute atomic E-state index is 11.4. The quantitative estimate of drug-likeness (QED) is 0.650. The van der Waals surface area contributed by atoms with Crippen molar-refractivity contribution in [3.8, 4) is 0 Å². The SMILES string of the molecule is CC1CC(N=C2CCCCC2C)CC1=O. The Hall–Kier alpha value is -0.660. The highest BCUT2D eigenvalue weighted by Gasteiger charge is 2.29. The number of aliphatic imine (C=N–C) groups is 1. The van der Waals surface area contributed by atoms with Gasteiger partial charge in [0.1, 0.15) is 5.78 Å². The van der Waals surface area contributed by atoms with Crippen LogP contribution in [0.5, 0.6) is 0 Å². The van der Waals surface area contributed by atoms with Gasteiger partial charge in [0.2, 0.25) is 0 Å². The number of hydrogen-bond donors (Lipinski definition) is 0. The van der Waals surface area contributed by atoms with E-state index in [0.29, 0.717) is 24.2 Å². The van der Waals surface area contributed by atoms with Crippen LogP contribution in [0.25, 0.3) is 0 Å². The fourth-order valence-electron chi connectivity index (χ4n) is 2.75. The van der Waals surface area contributed by atoms with Crippen molar-refractivity contribution in [1.29, 1.82) is 0 Å². The third-order valence-electron chi connectivity index (χ3n) is 3.85. The predicted molar refractivity (Wildman–Crippen MR) is 62.3 cm³/mol. The minimum absolute atomic E-state index is 0.248. The first-order chi connectivity index (χ1) is 7.16. The third-order valence-corrected chi connectivity index (χ3v) is 3.85. The number of hydrogen-bond acceptors (Lipinski definition) is 2. The summed E-state index contributed by atoms with van der Waals surface area (Å²) in [6, 6.07) is 0.308. The van der Waals surface area contributed by atoms with Crippen molar-refractivity contribution >= 4 is 11.5 Å². The molecule has 2 saturated carbocycles. The van der Waals surface area contributed by atoms with Crippen molar-refractivity contribution in [3.05, 3.63) is 0 Å². The lowest BCUT2D eigenvalue weighted by molar-refractivity contribution is -0.120. The maximum atomic E-state index is 11.4. The topological polar surface area (TPSA) is 29.4 Å². The summed E-state index contributed by atoms with van der Waals surface area (Å²) in [5, 5.41) is 0.